The summed E-state index contributed by atoms with van der Waals surface area (Å²) in [4.78, 5) is 37.9. The summed E-state index contributed by atoms with van der Waals surface area (Å²) >= 11 is 0. The van der Waals surface area contributed by atoms with Crippen molar-refractivity contribution in [2.24, 2.45) is 0 Å². The van der Waals surface area contributed by atoms with E-state index in [1.54, 1.807) is 0 Å². The number of esters is 3. The second-order valence-corrected chi connectivity index (χ2v) is 16.7. The largest absolute Gasteiger partial charge is 0.462 e. The van der Waals surface area contributed by atoms with Gasteiger partial charge in [0.2, 0.25) is 0 Å². The molecular weight excluding hydrogens is 817 g/mol. The lowest BCUT2D eigenvalue weighted by Gasteiger charge is -2.18. The molecule has 0 aliphatic rings. The fourth-order valence-electron chi connectivity index (χ4n) is 6.50. The van der Waals surface area contributed by atoms with Crippen molar-refractivity contribution in [1.82, 2.24) is 0 Å². The molecule has 0 saturated heterocycles. The average molecular weight is 911 g/mol. The van der Waals surface area contributed by atoms with Gasteiger partial charge in [0, 0.05) is 19.3 Å². The molecule has 0 aliphatic heterocycles. The van der Waals surface area contributed by atoms with Crippen LogP contribution in [0, 0.1) is 0 Å². The molecule has 0 radical (unpaired) electrons. The Balaban J connectivity index is 4.48. The Hall–Kier alpha value is -4.45. The monoisotopic (exact) mass is 911 g/mol. The Morgan fingerprint density at radius 2 is 0.606 bits per heavy atom. The van der Waals surface area contributed by atoms with Crippen LogP contribution in [0.1, 0.15) is 207 Å². The number of carbonyl (C=O) groups is 3. The Bertz CT molecular complexity index is 1460. The van der Waals surface area contributed by atoms with Crippen LogP contribution in [0.2, 0.25) is 0 Å². The van der Waals surface area contributed by atoms with Crippen molar-refractivity contribution >= 4 is 17.9 Å². The molecule has 0 rings (SSSR count). The van der Waals surface area contributed by atoms with Crippen LogP contribution < -0.4 is 0 Å². The second-order valence-electron chi connectivity index (χ2n) is 16.7. The predicted molar refractivity (Wildman–Crippen MR) is 283 cm³/mol. The third-order valence-electron chi connectivity index (χ3n) is 10.4. The zero-order chi connectivity index (χ0) is 47.9. The van der Waals surface area contributed by atoms with Gasteiger partial charge in [-0.2, -0.15) is 0 Å². The lowest BCUT2D eigenvalue weighted by molar-refractivity contribution is -0.167. The van der Waals surface area contributed by atoms with E-state index in [4.69, 9.17) is 14.2 Å². The molecule has 66 heavy (non-hydrogen) atoms. The first-order chi connectivity index (χ1) is 32.5. The molecule has 0 aromatic carbocycles. The number of hydrogen-bond donors (Lipinski definition) is 0. The molecular formula is C60H94O6. The molecule has 1 unspecified atom stereocenters. The molecule has 6 heteroatoms. The van der Waals surface area contributed by atoms with Crippen molar-refractivity contribution in [1.29, 1.82) is 0 Å². The van der Waals surface area contributed by atoms with Gasteiger partial charge in [0.15, 0.2) is 6.10 Å². The van der Waals surface area contributed by atoms with E-state index in [9.17, 15) is 14.4 Å². The van der Waals surface area contributed by atoms with E-state index in [0.717, 1.165) is 148 Å². The first-order valence-corrected chi connectivity index (χ1v) is 26.2. The highest BCUT2D eigenvalue weighted by molar-refractivity contribution is 5.71. The summed E-state index contributed by atoms with van der Waals surface area (Å²) in [7, 11) is 0. The maximum Gasteiger partial charge on any atom is 0.306 e. The molecule has 1 atom stereocenters. The highest BCUT2D eigenvalue weighted by Crippen LogP contribution is 2.12. The van der Waals surface area contributed by atoms with E-state index in [1.165, 1.54) is 12.8 Å². The van der Waals surface area contributed by atoms with E-state index >= 15 is 0 Å². The number of unbranched alkanes of at least 4 members (excludes halogenated alkanes) is 12. The quantitative estimate of drug-likeness (QED) is 0.0262. The molecule has 0 aromatic rings. The molecule has 0 aliphatic carbocycles. The van der Waals surface area contributed by atoms with Gasteiger partial charge in [-0.15, -0.1) is 0 Å². The Labute approximate surface area is 405 Å². The van der Waals surface area contributed by atoms with E-state index in [1.807, 2.05) is 0 Å². The minimum atomic E-state index is -0.818. The van der Waals surface area contributed by atoms with Gasteiger partial charge in [0.1, 0.15) is 13.2 Å². The zero-order valence-electron chi connectivity index (χ0n) is 42.1. The number of rotatable bonds is 45. The van der Waals surface area contributed by atoms with Crippen molar-refractivity contribution < 1.29 is 28.6 Å². The van der Waals surface area contributed by atoms with Crippen LogP contribution >= 0.6 is 0 Å². The van der Waals surface area contributed by atoms with E-state index in [2.05, 4.69) is 154 Å². The number of ether oxygens (including phenoxy) is 3. The number of allylic oxidation sites excluding steroid dienone is 22. The Morgan fingerprint density at radius 1 is 0.318 bits per heavy atom. The summed E-state index contributed by atoms with van der Waals surface area (Å²) in [5.41, 5.74) is 0. The van der Waals surface area contributed by atoms with Crippen molar-refractivity contribution in [3.05, 3.63) is 134 Å². The van der Waals surface area contributed by atoms with Gasteiger partial charge < -0.3 is 14.2 Å². The highest BCUT2D eigenvalue weighted by atomic mass is 16.6. The summed E-state index contributed by atoms with van der Waals surface area (Å²) in [5, 5.41) is 0. The SMILES string of the molecule is CC/C=C\C/C=C\C/C=C\C/C=C\C/C=C\C/C=C\C/C=C\CCCC(=O)OCC(COC(=O)CCCCCCC/C=C\CCC)OC(=O)CCCCCCC/C=C\C/C=C\C/C=C\CC. The fraction of sp³-hybridized carbons (Fsp3) is 0.583. The molecule has 0 amide bonds. The summed E-state index contributed by atoms with van der Waals surface area (Å²) < 4.78 is 16.7. The first-order valence-electron chi connectivity index (χ1n) is 26.2. The van der Waals surface area contributed by atoms with Gasteiger partial charge in [-0.1, -0.05) is 199 Å². The predicted octanol–water partition coefficient (Wildman–Crippen LogP) is 17.5. The van der Waals surface area contributed by atoms with Crippen molar-refractivity contribution in [2.45, 2.75) is 213 Å². The van der Waals surface area contributed by atoms with Crippen molar-refractivity contribution in [3.8, 4) is 0 Å². The van der Waals surface area contributed by atoms with Crippen LogP contribution in [0.15, 0.2) is 134 Å². The fourth-order valence-corrected chi connectivity index (χ4v) is 6.50. The number of hydrogen-bond acceptors (Lipinski definition) is 6. The third-order valence-corrected chi connectivity index (χ3v) is 10.4. The van der Waals surface area contributed by atoms with Gasteiger partial charge in [0.25, 0.3) is 0 Å². The smallest absolute Gasteiger partial charge is 0.306 e. The molecule has 0 fully saturated rings. The van der Waals surface area contributed by atoms with Crippen LogP contribution in [0.3, 0.4) is 0 Å². The Morgan fingerprint density at radius 3 is 1.00 bits per heavy atom. The van der Waals surface area contributed by atoms with Crippen LogP contribution in [0.25, 0.3) is 0 Å². The van der Waals surface area contributed by atoms with Crippen LogP contribution in [0.5, 0.6) is 0 Å². The van der Waals surface area contributed by atoms with Crippen LogP contribution in [-0.4, -0.2) is 37.2 Å². The zero-order valence-corrected chi connectivity index (χ0v) is 42.1. The average Bonchev–Trinajstić information content (AvgIpc) is 3.31. The van der Waals surface area contributed by atoms with Gasteiger partial charge in [-0.05, 0) is 122 Å². The van der Waals surface area contributed by atoms with E-state index in [-0.39, 0.29) is 44.0 Å². The van der Waals surface area contributed by atoms with E-state index in [0.29, 0.717) is 12.8 Å². The third kappa shape index (κ3) is 50.5. The summed E-state index contributed by atoms with van der Waals surface area (Å²) in [5.74, 6) is -1.01. The molecule has 0 N–H and O–H groups in total. The van der Waals surface area contributed by atoms with Crippen LogP contribution in [0.4, 0.5) is 0 Å². The molecule has 0 aromatic heterocycles. The molecule has 0 saturated carbocycles. The normalized spacial score (nSPS) is 13.2. The molecule has 0 spiro atoms. The maximum atomic E-state index is 12.8. The highest BCUT2D eigenvalue weighted by Gasteiger charge is 2.19. The van der Waals surface area contributed by atoms with Crippen LogP contribution in [-0.2, 0) is 28.6 Å². The standard InChI is InChI=1S/C60H94O6/c1-4-7-10-13-16-19-22-24-26-27-28-29-30-31-32-33-35-36-38-41-44-47-50-53-59(62)65-56-57(55-64-58(61)52-49-46-43-40-21-18-15-12-9-6-3)66-60(63)54-51-48-45-42-39-37-34-25-23-20-17-14-11-8-5-2/h7-8,10-12,15-17,19-20,24-26,28-29,31-32,34-36,41,44,57H,4-6,9,13-14,18,21-23,27,30,33,37-40,42-43,45-56H2,1-3H3/b10-7-,11-8-,15-12-,19-16-,20-17-,26-24-,29-28-,32-31-,34-25-,36-35-,44-41-. The first kappa shape index (κ1) is 61.5. The Kier molecular flexibility index (Phi) is 49.6. The molecule has 370 valence electrons. The summed E-state index contributed by atoms with van der Waals surface area (Å²) in [6.45, 7) is 6.25. The topological polar surface area (TPSA) is 78.9 Å². The minimum Gasteiger partial charge on any atom is -0.462 e. The minimum absolute atomic E-state index is 0.113. The van der Waals surface area contributed by atoms with Crippen molar-refractivity contribution in [2.75, 3.05) is 13.2 Å². The maximum absolute atomic E-state index is 12.8. The van der Waals surface area contributed by atoms with Gasteiger partial charge in [0.05, 0.1) is 0 Å². The molecule has 0 heterocycles. The van der Waals surface area contributed by atoms with Gasteiger partial charge >= 0.3 is 17.9 Å². The summed E-state index contributed by atoms with van der Waals surface area (Å²) in [6, 6.07) is 0. The van der Waals surface area contributed by atoms with E-state index < -0.39 is 6.10 Å². The lowest BCUT2D eigenvalue weighted by atomic mass is 10.1. The molecule has 0 bridgehead atoms. The van der Waals surface area contributed by atoms with Crippen molar-refractivity contribution in [3.63, 3.8) is 0 Å². The second kappa shape index (κ2) is 53.2. The molecule has 6 nitrogen and oxygen atoms in total. The summed E-state index contributed by atoms with van der Waals surface area (Å²) in [6.07, 6.45) is 74.5. The van der Waals surface area contributed by atoms with Gasteiger partial charge in [-0.3, -0.25) is 14.4 Å². The number of carbonyl (C=O) groups excluding carboxylic acids is 3. The lowest BCUT2D eigenvalue weighted by Crippen LogP contribution is -2.30. The van der Waals surface area contributed by atoms with Gasteiger partial charge in [-0.25, -0.2) is 0 Å².